The molecular formula is C13H13NO2S. The summed E-state index contributed by atoms with van der Waals surface area (Å²) in [4.78, 5) is 4.09. The second kappa shape index (κ2) is 4.67. The first-order valence-corrected chi connectivity index (χ1v) is 6.91. The molecule has 88 valence electrons. The molecule has 0 fully saturated rings. The van der Waals surface area contributed by atoms with Crippen molar-refractivity contribution in [1.29, 1.82) is 0 Å². The van der Waals surface area contributed by atoms with Gasteiger partial charge in [-0.05, 0) is 24.6 Å². The molecule has 1 aromatic carbocycles. The van der Waals surface area contributed by atoms with Crippen molar-refractivity contribution >= 4 is 9.84 Å². The molecule has 0 saturated heterocycles. The molecule has 2 aromatic rings. The first-order chi connectivity index (χ1) is 8.08. The largest absolute Gasteiger partial charge is 0.263 e. The third kappa shape index (κ3) is 2.91. The summed E-state index contributed by atoms with van der Waals surface area (Å²) in [5.74, 6) is 0.0129. The molecule has 0 N–H and O–H groups in total. The van der Waals surface area contributed by atoms with Gasteiger partial charge in [-0.1, -0.05) is 29.8 Å². The summed E-state index contributed by atoms with van der Waals surface area (Å²) in [6.07, 6.45) is 2.94. The van der Waals surface area contributed by atoms with Gasteiger partial charge < -0.3 is 0 Å². The van der Waals surface area contributed by atoms with E-state index in [9.17, 15) is 8.42 Å². The predicted octanol–water partition coefficient (Wildman–Crippen LogP) is 2.36. The average molecular weight is 247 g/mol. The molecule has 0 aliphatic carbocycles. The highest BCUT2D eigenvalue weighted by Crippen LogP contribution is 2.15. The van der Waals surface area contributed by atoms with E-state index in [1.54, 1.807) is 18.3 Å². The van der Waals surface area contributed by atoms with Crippen LogP contribution in [0.5, 0.6) is 0 Å². The van der Waals surface area contributed by atoms with E-state index in [1.807, 2.05) is 31.2 Å². The van der Waals surface area contributed by atoms with Gasteiger partial charge in [-0.3, -0.25) is 4.98 Å². The van der Waals surface area contributed by atoms with Crippen LogP contribution in [0, 0.1) is 6.92 Å². The van der Waals surface area contributed by atoms with Gasteiger partial charge in [0.15, 0.2) is 9.84 Å². The number of aryl methyl sites for hydroxylation is 1. The average Bonchev–Trinajstić information content (AvgIpc) is 2.33. The minimum absolute atomic E-state index is 0.0129. The molecule has 0 amide bonds. The minimum atomic E-state index is -3.29. The van der Waals surface area contributed by atoms with E-state index < -0.39 is 9.84 Å². The Morgan fingerprint density at radius 1 is 1.12 bits per heavy atom. The Labute approximate surface area is 101 Å². The predicted molar refractivity (Wildman–Crippen MR) is 66.3 cm³/mol. The summed E-state index contributed by atoms with van der Waals surface area (Å²) in [6.45, 7) is 1.97. The maximum atomic E-state index is 12.0. The van der Waals surface area contributed by atoms with Gasteiger partial charge in [0.05, 0.1) is 10.6 Å². The minimum Gasteiger partial charge on any atom is -0.263 e. The quantitative estimate of drug-likeness (QED) is 0.836. The number of hydrogen-bond donors (Lipinski definition) is 0. The smallest absolute Gasteiger partial charge is 0.184 e. The van der Waals surface area contributed by atoms with Gasteiger partial charge >= 0.3 is 0 Å². The van der Waals surface area contributed by atoms with Crippen LogP contribution in [0.1, 0.15) is 11.1 Å². The molecule has 0 aliphatic heterocycles. The van der Waals surface area contributed by atoms with Crippen LogP contribution in [0.25, 0.3) is 0 Å². The summed E-state index contributed by atoms with van der Waals surface area (Å²) in [6, 6.07) is 10.7. The topological polar surface area (TPSA) is 47.0 Å². The number of nitrogens with zero attached hydrogens (tertiary/aromatic N) is 1. The first-order valence-electron chi connectivity index (χ1n) is 5.26. The molecule has 0 spiro atoms. The van der Waals surface area contributed by atoms with Gasteiger partial charge in [0, 0.05) is 12.4 Å². The van der Waals surface area contributed by atoms with Gasteiger partial charge in [-0.25, -0.2) is 8.42 Å². The van der Waals surface area contributed by atoms with E-state index in [0.717, 1.165) is 11.1 Å². The number of aromatic nitrogens is 1. The molecule has 17 heavy (non-hydrogen) atoms. The Hall–Kier alpha value is -1.68. The number of rotatable bonds is 3. The Morgan fingerprint density at radius 2 is 1.82 bits per heavy atom. The van der Waals surface area contributed by atoms with Crippen molar-refractivity contribution in [3.05, 3.63) is 59.9 Å². The Balaban J connectivity index is 2.27. The fourth-order valence-electron chi connectivity index (χ4n) is 1.52. The molecule has 2 rings (SSSR count). The van der Waals surface area contributed by atoms with Crippen LogP contribution in [-0.4, -0.2) is 13.4 Å². The molecule has 3 nitrogen and oxygen atoms in total. The number of sulfone groups is 1. The lowest BCUT2D eigenvalue weighted by molar-refractivity contribution is 0.595. The zero-order valence-electron chi connectivity index (χ0n) is 9.50. The van der Waals surface area contributed by atoms with Gasteiger partial charge in [0.25, 0.3) is 0 Å². The standard InChI is InChI=1S/C13H13NO2S/c1-11-4-6-12(7-5-11)10-17(15,16)13-3-2-8-14-9-13/h2-9H,10H2,1H3. The van der Waals surface area contributed by atoms with Crippen molar-refractivity contribution in [2.24, 2.45) is 0 Å². The molecule has 0 atom stereocenters. The normalized spacial score (nSPS) is 11.4. The highest BCUT2D eigenvalue weighted by atomic mass is 32.2. The van der Waals surface area contributed by atoms with E-state index in [2.05, 4.69) is 4.98 Å². The molecular weight excluding hydrogens is 234 g/mol. The zero-order chi connectivity index (χ0) is 12.3. The summed E-state index contributed by atoms with van der Waals surface area (Å²) in [7, 11) is -3.29. The summed E-state index contributed by atoms with van der Waals surface area (Å²) in [5, 5.41) is 0. The van der Waals surface area contributed by atoms with Crippen LogP contribution in [0.4, 0.5) is 0 Å². The van der Waals surface area contributed by atoms with Crippen LogP contribution in [0.3, 0.4) is 0 Å². The summed E-state index contributed by atoms with van der Waals surface area (Å²) >= 11 is 0. The fraction of sp³-hybridized carbons (Fsp3) is 0.154. The van der Waals surface area contributed by atoms with Crippen molar-refractivity contribution in [2.75, 3.05) is 0 Å². The molecule has 0 aliphatic rings. The van der Waals surface area contributed by atoms with Gasteiger partial charge in [-0.15, -0.1) is 0 Å². The SMILES string of the molecule is Cc1ccc(CS(=O)(=O)c2cccnc2)cc1. The van der Waals surface area contributed by atoms with Crippen molar-refractivity contribution in [2.45, 2.75) is 17.6 Å². The second-order valence-corrected chi connectivity index (χ2v) is 5.92. The molecule has 0 saturated carbocycles. The molecule has 0 unspecified atom stereocenters. The molecule has 0 bridgehead atoms. The van der Waals surface area contributed by atoms with Gasteiger partial charge in [-0.2, -0.15) is 0 Å². The molecule has 1 aromatic heterocycles. The van der Waals surface area contributed by atoms with Gasteiger partial charge in [0.1, 0.15) is 0 Å². The van der Waals surface area contributed by atoms with E-state index in [-0.39, 0.29) is 10.6 Å². The molecule has 0 radical (unpaired) electrons. The molecule has 4 heteroatoms. The van der Waals surface area contributed by atoms with Crippen LogP contribution < -0.4 is 0 Å². The zero-order valence-corrected chi connectivity index (χ0v) is 10.3. The summed E-state index contributed by atoms with van der Waals surface area (Å²) in [5.41, 5.74) is 1.91. The molecule has 1 heterocycles. The maximum absolute atomic E-state index is 12.0. The Kier molecular flexibility index (Phi) is 3.24. The number of pyridine rings is 1. The monoisotopic (exact) mass is 247 g/mol. The second-order valence-electron chi connectivity index (χ2n) is 3.93. The first kappa shape index (κ1) is 11.8. The van der Waals surface area contributed by atoms with Crippen molar-refractivity contribution in [3.8, 4) is 0 Å². The van der Waals surface area contributed by atoms with Crippen LogP contribution in [-0.2, 0) is 15.6 Å². The third-order valence-corrected chi connectivity index (χ3v) is 4.14. The van der Waals surface area contributed by atoms with E-state index in [4.69, 9.17) is 0 Å². The lowest BCUT2D eigenvalue weighted by atomic mass is 10.2. The van der Waals surface area contributed by atoms with Crippen LogP contribution >= 0.6 is 0 Å². The van der Waals surface area contributed by atoms with Crippen molar-refractivity contribution < 1.29 is 8.42 Å². The van der Waals surface area contributed by atoms with Crippen LogP contribution in [0.15, 0.2) is 53.7 Å². The number of benzene rings is 1. The van der Waals surface area contributed by atoms with E-state index >= 15 is 0 Å². The Morgan fingerprint density at radius 3 is 2.41 bits per heavy atom. The summed E-state index contributed by atoms with van der Waals surface area (Å²) < 4.78 is 24.1. The maximum Gasteiger partial charge on any atom is 0.184 e. The van der Waals surface area contributed by atoms with Crippen LogP contribution in [0.2, 0.25) is 0 Å². The van der Waals surface area contributed by atoms with E-state index in [1.165, 1.54) is 6.20 Å². The lowest BCUT2D eigenvalue weighted by Gasteiger charge is -2.04. The van der Waals surface area contributed by atoms with Crippen molar-refractivity contribution in [1.82, 2.24) is 4.98 Å². The van der Waals surface area contributed by atoms with E-state index in [0.29, 0.717) is 0 Å². The highest BCUT2D eigenvalue weighted by Gasteiger charge is 2.14. The van der Waals surface area contributed by atoms with Crippen molar-refractivity contribution in [3.63, 3.8) is 0 Å². The Bertz CT molecular complexity index is 589. The third-order valence-electron chi connectivity index (χ3n) is 2.47. The van der Waals surface area contributed by atoms with Gasteiger partial charge in [0.2, 0.25) is 0 Å². The number of hydrogen-bond acceptors (Lipinski definition) is 3. The highest BCUT2D eigenvalue weighted by molar-refractivity contribution is 7.90. The lowest BCUT2D eigenvalue weighted by Crippen LogP contribution is -2.05. The fourth-order valence-corrected chi connectivity index (χ4v) is 2.82.